The lowest BCUT2D eigenvalue weighted by Gasteiger charge is -2.01. The second kappa shape index (κ2) is 5.44. The van der Waals surface area contributed by atoms with Crippen LogP contribution in [0.2, 0.25) is 0 Å². The summed E-state index contributed by atoms with van der Waals surface area (Å²) in [5.41, 5.74) is -0.103. The molecule has 0 fully saturated rings. The van der Waals surface area contributed by atoms with Gasteiger partial charge in [-0.3, -0.25) is 14.9 Å². The van der Waals surface area contributed by atoms with Gasteiger partial charge in [-0.15, -0.1) is 11.3 Å². The van der Waals surface area contributed by atoms with Gasteiger partial charge in [0.25, 0.3) is 11.6 Å². The van der Waals surface area contributed by atoms with Gasteiger partial charge in [-0.2, -0.15) is 0 Å². The Morgan fingerprint density at radius 1 is 1.56 bits per heavy atom. The summed E-state index contributed by atoms with van der Waals surface area (Å²) in [6.45, 7) is 1.54. The van der Waals surface area contributed by atoms with E-state index in [0.717, 1.165) is 17.6 Å². The average molecular weight is 292 g/mol. The van der Waals surface area contributed by atoms with Gasteiger partial charge < -0.3 is 5.32 Å². The summed E-state index contributed by atoms with van der Waals surface area (Å²) in [6, 6.07) is 1.19. The summed E-state index contributed by atoms with van der Waals surface area (Å²) in [7, 11) is -3.14. The van der Waals surface area contributed by atoms with Crippen molar-refractivity contribution < 1.29 is 18.1 Å². The van der Waals surface area contributed by atoms with E-state index in [1.54, 1.807) is 6.92 Å². The Morgan fingerprint density at radius 3 is 2.61 bits per heavy atom. The Balaban J connectivity index is 2.68. The highest BCUT2D eigenvalue weighted by molar-refractivity contribution is 7.90. The van der Waals surface area contributed by atoms with Crippen molar-refractivity contribution in [2.24, 2.45) is 0 Å². The molecule has 0 atom stereocenters. The summed E-state index contributed by atoms with van der Waals surface area (Å²) in [4.78, 5) is 22.3. The van der Waals surface area contributed by atoms with Crippen molar-refractivity contribution in [1.82, 2.24) is 5.32 Å². The maximum Gasteiger partial charge on any atom is 0.283 e. The minimum absolute atomic E-state index is 0.0115. The van der Waals surface area contributed by atoms with Crippen LogP contribution in [0.3, 0.4) is 0 Å². The number of carbonyl (C=O) groups excluding carboxylic acids is 1. The Kier molecular flexibility index (Phi) is 4.41. The molecule has 0 bridgehead atoms. The third-order valence-electron chi connectivity index (χ3n) is 2.07. The number of nitrogens with zero attached hydrogens (tertiary/aromatic N) is 1. The van der Waals surface area contributed by atoms with Gasteiger partial charge in [0.2, 0.25) is 0 Å². The molecule has 9 heteroatoms. The van der Waals surface area contributed by atoms with Gasteiger partial charge >= 0.3 is 0 Å². The van der Waals surface area contributed by atoms with Gasteiger partial charge in [-0.1, -0.05) is 0 Å². The van der Waals surface area contributed by atoms with Gasteiger partial charge in [-0.25, -0.2) is 8.42 Å². The van der Waals surface area contributed by atoms with E-state index in [-0.39, 0.29) is 22.9 Å². The van der Waals surface area contributed by atoms with Crippen LogP contribution < -0.4 is 5.32 Å². The fourth-order valence-electron chi connectivity index (χ4n) is 1.20. The second-order valence-corrected chi connectivity index (χ2v) is 7.21. The number of aryl methyl sites for hydroxylation is 1. The second-order valence-electron chi connectivity index (χ2n) is 3.69. The maximum atomic E-state index is 11.6. The first-order valence-electron chi connectivity index (χ1n) is 4.91. The molecule has 0 saturated heterocycles. The van der Waals surface area contributed by atoms with Crippen molar-refractivity contribution in [1.29, 1.82) is 0 Å². The molecule has 0 saturated carbocycles. The molecule has 0 aliphatic heterocycles. The van der Waals surface area contributed by atoms with E-state index in [1.165, 1.54) is 6.07 Å². The molecule has 18 heavy (non-hydrogen) atoms. The van der Waals surface area contributed by atoms with Crippen LogP contribution in [-0.4, -0.2) is 37.8 Å². The third kappa shape index (κ3) is 4.08. The van der Waals surface area contributed by atoms with Crippen LogP contribution >= 0.6 is 11.3 Å². The standard InChI is InChI=1S/C9H12N2O5S2/c1-6-7(11(13)14)5-8(17-6)9(12)10-3-4-18(2,15)16/h5H,3-4H2,1-2H3,(H,10,12). The topological polar surface area (TPSA) is 106 Å². The van der Waals surface area contributed by atoms with Crippen molar-refractivity contribution in [3.05, 3.63) is 25.9 Å². The van der Waals surface area contributed by atoms with Crippen molar-refractivity contribution >= 4 is 32.8 Å². The van der Waals surface area contributed by atoms with Crippen LogP contribution in [0.4, 0.5) is 5.69 Å². The molecule has 1 rings (SSSR count). The van der Waals surface area contributed by atoms with E-state index in [4.69, 9.17) is 0 Å². The zero-order valence-electron chi connectivity index (χ0n) is 9.80. The zero-order valence-corrected chi connectivity index (χ0v) is 11.4. The first kappa shape index (κ1) is 14.6. The molecule has 0 aliphatic rings. The number of hydrogen-bond acceptors (Lipinski definition) is 6. The highest BCUT2D eigenvalue weighted by atomic mass is 32.2. The predicted octanol–water partition coefficient (Wildman–Crippen LogP) is 0.739. The number of nitro groups is 1. The smallest absolute Gasteiger partial charge is 0.283 e. The summed E-state index contributed by atoms with van der Waals surface area (Å²) in [5.74, 6) is -0.662. The summed E-state index contributed by atoms with van der Waals surface area (Å²) in [5, 5.41) is 13.0. The van der Waals surface area contributed by atoms with Crippen LogP contribution in [-0.2, 0) is 9.84 Å². The largest absolute Gasteiger partial charge is 0.350 e. The van der Waals surface area contributed by atoms with Crippen LogP contribution in [0.5, 0.6) is 0 Å². The molecule has 0 unspecified atom stereocenters. The number of nitrogens with one attached hydrogen (secondary N) is 1. The average Bonchev–Trinajstić information content (AvgIpc) is 2.58. The Bertz CT molecular complexity index is 576. The molecular formula is C9H12N2O5S2. The fraction of sp³-hybridized carbons (Fsp3) is 0.444. The molecule has 100 valence electrons. The molecule has 1 N–H and O–H groups in total. The van der Waals surface area contributed by atoms with Crippen molar-refractivity contribution in [2.75, 3.05) is 18.6 Å². The summed E-state index contributed by atoms with van der Waals surface area (Å²) >= 11 is 1.01. The van der Waals surface area contributed by atoms with Gasteiger partial charge in [-0.05, 0) is 6.92 Å². The van der Waals surface area contributed by atoms with Gasteiger partial charge in [0.15, 0.2) is 0 Å². The third-order valence-corrected chi connectivity index (χ3v) is 4.05. The molecular weight excluding hydrogens is 280 g/mol. The molecule has 0 aromatic carbocycles. The summed E-state index contributed by atoms with van der Waals surface area (Å²) < 4.78 is 21.7. The fourth-order valence-corrected chi connectivity index (χ4v) is 2.58. The molecule has 1 aromatic rings. The van der Waals surface area contributed by atoms with E-state index in [1.807, 2.05) is 0 Å². The highest BCUT2D eigenvalue weighted by Crippen LogP contribution is 2.27. The number of thiophene rings is 1. The van der Waals surface area contributed by atoms with Gasteiger partial charge in [0.1, 0.15) is 9.84 Å². The SMILES string of the molecule is Cc1sc(C(=O)NCCS(C)(=O)=O)cc1[N+](=O)[O-]. The predicted molar refractivity (Wildman–Crippen MR) is 67.8 cm³/mol. The molecule has 0 radical (unpaired) electrons. The van der Waals surface area contributed by atoms with E-state index >= 15 is 0 Å². The molecule has 0 spiro atoms. The Morgan fingerprint density at radius 2 is 2.17 bits per heavy atom. The normalized spacial score (nSPS) is 11.2. The highest BCUT2D eigenvalue weighted by Gasteiger charge is 2.19. The number of amides is 1. The van der Waals surface area contributed by atoms with Crippen molar-refractivity contribution in [3.8, 4) is 0 Å². The maximum absolute atomic E-state index is 11.6. The lowest BCUT2D eigenvalue weighted by atomic mass is 10.3. The van der Waals surface area contributed by atoms with Gasteiger partial charge in [0, 0.05) is 18.9 Å². The Labute approximate surface area is 108 Å². The number of carbonyl (C=O) groups is 1. The minimum Gasteiger partial charge on any atom is -0.350 e. The van der Waals surface area contributed by atoms with Crippen molar-refractivity contribution in [3.63, 3.8) is 0 Å². The first-order valence-corrected chi connectivity index (χ1v) is 7.79. The zero-order chi connectivity index (χ0) is 13.9. The monoisotopic (exact) mass is 292 g/mol. The van der Waals surface area contributed by atoms with E-state index in [0.29, 0.717) is 4.88 Å². The lowest BCUT2D eigenvalue weighted by Crippen LogP contribution is -2.28. The molecule has 1 heterocycles. The van der Waals surface area contributed by atoms with Crippen molar-refractivity contribution in [2.45, 2.75) is 6.92 Å². The first-order chi connectivity index (χ1) is 8.20. The van der Waals surface area contributed by atoms with Crippen LogP contribution in [0.1, 0.15) is 14.5 Å². The quantitative estimate of drug-likeness (QED) is 0.636. The Hall–Kier alpha value is -1.48. The molecule has 1 aromatic heterocycles. The number of rotatable bonds is 5. The van der Waals surface area contributed by atoms with Gasteiger partial charge in [0.05, 0.1) is 20.4 Å². The summed E-state index contributed by atoms with van der Waals surface area (Å²) in [6.07, 6.45) is 1.07. The number of hydrogen-bond donors (Lipinski definition) is 1. The van der Waals surface area contributed by atoms with E-state index in [9.17, 15) is 23.3 Å². The molecule has 0 aliphatic carbocycles. The number of sulfone groups is 1. The van der Waals surface area contributed by atoms with Crippen LogP contribution in [0.15, 0.2) is 6.07 Å². The van der Waals surface area contributed by atoms with E-state index in [2.05, 4.69) is 5.32 Å². The van der Waals surface area contributed by atoms with Crippen LogP contribution in [0.25, 0.3) is 0 Å². The minimum atomic E-state index is -3.14. The molecule has 1 amide bonds. The van der Waals surface area contributed by atoms with E-state index < -0.39 is 20.7 Å². The lowest BCUT2D eigenvalue weighted by molar-refractivity contribution is -0.385. The van der Waals surface area contributed by atoms with Crippen LogP contribution in [0, 0.1) is 17.0 Å². The molecule has 7 nitrogen and oxygen atoms in total.